The van der Waals surface area contributed by atoms with E-state index in [2.05, 4.69) is 21.2 Å². The van der Waals surface area contributed by atoms with E-state index in [0.29, 0.717) is 5.56 Å². The number of nitrogens with zero attached hydrogens (tertiary/aromatic N) is 1. The van der Waals surface area contributed by atoms with Crippen molar-refractivity contribution in [3.8, 4) is 0 Å². The second-order valence-corrected chi connectivity index (χ2v) is 9.74. The summed E-state index contributed by atoms with van der Waals surface area (Å²) in [5.41, 5.74) is 1.61. The van der Waals surface area contributed by atoms with Crippen LogP contribution in [0.15, 0.2) is 76.1 Å². The molecule has 0 saturated heterocycles. The van der Waals surface area contributed by atoms with Crippen LogP contribution in [0.4, 0.5) is 14.5 Å². The molecule has 0 radical (unpaired) electrons. The minimum absolute atomic E-state index is 0.0280. The van der Waals surface area contributed by atoms with E-state index in [1.165, 1.54) is 18.2 Å². The number of amides is 1. The molecular formula is C22H19BrF2N2O3S. The topological polar surface area (TPSA) is 66.5 Å². The van der Waals surface area contributed by atoms with Gasteiger partial charge in [-0.2, -0.15) is 4.31 Å². The van der Waals surface area contributed by atoms with Crippen molar-refractivity contribution in [3.05, 3.63) is 94.0 Å². The number of aryl methyl sites for hydroxylation is 1. The zero-order chi connectivity index (χ0) is 22.6. The van der Waals surface area contributed by atoms with Crippen molar-refractivity contribution < 1.29 is 22.0 Å². The van der Waals surface area contributed by atoms with Crippen molar-refractivity contribution in [1.29, 1.82) is 0 Å². The van der Waals surface area contributed by atoms with Gasteiger partial charge in [0.1, 0.15) is 0 Å². The number of sulfonamides is 1. The molecule has 0 aliphatic rings. The fourth-order valence-electron chi connectivity index (χ4n) is 2.81. The maximum Gasteiger partial charge on any atom is 0.243 e. The molecule has 3 rings (SSSR count). The van der Waals surface area contributed by atoms with Gasteiger partial charge in [-0.05, 0) is 48.9 Å². The minimum atomic E-state index is -4.00. The number of halogens is 3. The molecule has 0 bridgehead atoms. The Bertz CT molecular complexity index is 1180. The van der Waals surface area contributed by atoms with Gasteiger partial charge in [-0.25, -0.2) is 17.2 Å². The molecule has 0 fully saturated rings. The predicted octanol–water partition coefficient (Wildman–Crippen LogP) is 4.87. The van der Waals surface area contributed by atoms with Gasteiger partial charge in [0.15, 0.2) is 11.6 Å². The molecule has 0 unspecified atom stereocenters. The maximum absolute atomic E-state index is 13.4. The molecule has 3 aromatic rings. The van der Waals surface area contributed by atoms with E-state index in [-0.39, 0.29) is 17.1 Å². The van der Waals surface area contributed by atoms with Gasteiger partial charge in [0.25, 0.3) is 0 Å². The van der Waals surface area contributed by atoms with Gasteiger partial charge in [-0.3, -0.25) is 4.79 Å². The lowest BCUT2D eigenvalue weighted by molar-refractivity contribution is -0.116. The Morgan fingerprint density at radius 3 is 2.23 bits per heavy atom. The van der Waals surface area contributed by atoms with Crippen molar-refractivity contribution in [2.24, 2.45) is 0 Å². The molecule has 0 saturated carbocycles. The van der Waals surface area contributed by atoms with Crippen LogP contribution in [-0.4, -0.2) is 25.2 Å². The van der Waals surface area contributed by atoms with Crippen molar-refractivity contribution in [3.63, 3.8) is 0 Å². The van der Waals surface area contributed by atoms with Crippen LogP contribution in [0.1, 0.15) is 11.1 Å². The van der Waals surface area contributed by atoms with E-state index in [4.69, 9.17) is 0 Å². The molecule has 0 spiro atoms. The number of anilines is 1. The van der Waals surface area contributed by atoms with E-state index >= 15 is 0 Å². The number of carbonyl (C=O) groups is 1. The molecule has 162 valence electrons. The van der Waals surface area contributed by atoms with Crippen LogP contribution in [0.5, 0.6) is 0 Å². The molecule has 3 aromatic carbocycles. The molecule has 9 heteroatoms. The van der Waals surface area contributed by atoms with Crippen LogP contribution in [0.25, 0.3) is 0 Å². The summed E-state index contributed by atoms with van der Waals surface area (Å²) in [7, 11) is -4.00. The third kappa shape index (κ3) is 5.96. The summed E-state index contributed by atoms with van der Waals surface area (Å²) in [4.78, 5) is 12.6. The summed E-state index contributed by atoms with van der Waals surface area (Å²) in [5.74, 6) is -2.84. The average molecular weight is 509 g/mol. The van der Waals surface area contributed by atoms with E-state index in [1.54, 1.807) is 36.4 Å². The van der Waals surface area contributed by atoms with Crippen LogP contribution >= 0.6 is 15.9 Å². The number of nitrogens with one attached hydrogen (secondary N) is 1. The highest BCUT2D eigenvalue weighted by Crippen LogP contribution is 2.21. The first-order valence-corrected chi connectivity index (χ1v) is 11.4. The summed E-state index contributed by atoms with van der Waals surface area (Å²) in [6.45, 7) is 1.28. The predicted molar refractivity (Wildman–Crippen MR) is 118 cm³/mol. The van der Waals surface area contributed by atoms with E-state index < -0.39 is 34.1 Å². The second kappa shape index (κ2) is 9.67. The highest BCUT2D eigenvalue weighted by atomic mass is 79.9. The fourth-order valence-corrected chi connectivity index (χ4v) is 4.46. The first kappa shape index (κ1) is 23.1. The molecular weight excluding hydrogens is 490 g/mol. The molecule has 31 heavy (non-hydrogen) atoms. The lowest BCUT2D eigenvalue weighted by Gasteiger charge is -2.22. The molecule has 0 heterocycles. The van der Waals surface area contributed by atoms with Gasteiger partial charge in [-0.15, -0.1) is 0 Å². The van der Waals surface area contributed by atoms with Crippen molar-refractivity contribution in [2.75, 3.05) is 11.9 Å². The molecule has 0 atom stereocenters. The zero-order valence-electron chi connectivity index (χ0n) is 16.5. The normalized spacial score (nSPS) is 11.5. The Balaban J connectivity index is 1.87. The maximum atomic E-state index is 13.4. The standard InChI is InChI=1S/C22H19BrF2N2O3S/c1-15-2-9-19(10-3-15)31(29,30)27(13-16-4-6-17(23)7-5-16)14-22(28)26-18-8-11-20(24)21(25)12-18/h2-12H,13-14H2,1H3,(H,26,28). The second-order valence-electron chi connectivity index (χ2n) is 6.89. The Morgan fingerprint density at radius 1 is 0.968 bits per heavy atom. The molecule has 0 aromatic heterocycles. The van der Waals surface area contributed by atoms with E-state index in [1.807, 2.05) is 6.92 Å². The Labute approximate surface area is 187 Å². The summed E-state index contributed by atoms with van der Waals surface area (Å²) < 4.78 is 54.9. The highest BCUT2D eigenvalue weighted by Gasteiger charge is 2.27. The van der Waals surface area contributed by atoms with Crippen LogP contribution in [-0.2, 0) is 21.4 Å². The number of benzene rings is 3. The summed E-state index contributed by atoms with van der Waals surface area (Å²) in [5, 5.41) is 2.41. The molecule has 1 N–H and O–H groups in total. The van der Waals surface area contributed by atoms with Gasteiger partial charge < -0.3 is 5.32 Å². The average Bonchev–Trinajstić information content (AvgIpc) is 2.72. The molecule has 1 amide bonds. The van der Waals surface area contributed by atoms with Crippen LogP contribution in [0.3, 0.4) is 0 Å². The third-order valence-electron chi connectivity index (χ3n) is 4.45. The number of carbonyl (C=O) groups excluding carboxylic acids is 1. The summed E-state index contributed by atoms with van der Waals surface area (Å²) in [6, 6.07) is 16.3. The first-order chi connectivity index (χ1) is 14.6. The largest absolute Gasteiger partial charge is 0.325 e. The summed E-state index contributed by atoms with van der Waals surface area (Å²) in [6.07, 6.45) is 0. The van der Waals surface area contributed by atoms with Gasteiger partial charge in [0, 0.05) is 22.8 Å². The van der Waals surface area contributed by atoms with Crippen molar-refractivity contribution in [1.82, 2.24) is 4.31 Å². The summed E-state index contributed by atoms with van der Waals surface area (Å²) >= 11 is 3.33. The van der Waals surface area contributed by atoms with Crippen LogP contribution in [0, 0.1) is 18.6 Å². The van der Waals surface area contributed by atoms with Crippen molar-refractivity contribution in [2.45, 2.75) is 18.4 Å². The first-order valence-electron chi connectivity index (χ1n) is 9.21. The van der Waals surface area contributed by atoms with Crippen LogP contribution < -0.4 is 5.32 Å². The SMILES string of the molecule is Cc1ccc(S(=O)(=O)N(CC(=O)Nc2ccc(F)c(F)c2)Cc2ccc(Br)cc2)cc1. The molecule has 5 nitrogen and oxygen atoms in total. The van der Waals surface area contributed by atoms with Gasteiger partial charge in [-0.1, -0.05) is 45.8 Å². The van der Waals surface area contributed by atoms with Crippen molar-refractivity contribution >= 4 is 37.5 Å². The van der Waals surface area contributed by atoms with Gasteiger partial charge in [0.2, 0.25) is 15.9 Å². The van der Waals surface area contributed by atoms with E-state index in [0.717, 1.165) is 26.5 Å². The Kier molecular flexibility index (Phi) is 7.19. The Morgan fingerprint density at radius 2 is 1.61 bits per heavy atom. The quantitative estimate of drug-likeness (QED) is 0.495. The van der Waals surface area contributed by atoms with Gasteiger partial charge in [0.05, 0.1) is 11.4 Å². The smallest absolute Gasteiger partial charge is 0.243 e. The highest BCUT2D eigenvalue weighted by molar-refractivity contribution is 9.10. The minimum Gasteiger partial charge on any atom is -0.325 e. The molecule has 0 aliphatic heterocycles. The van der Waals surface area contributed by atoms with E-state index in [9.17, 15) is 22.0 Å². The number of hydrogen-bond donors (Lipinski definition) is 1. The Hall–Kier alpha value is -2.62. The zero-order valence-corrected chi connectivity index (χ0v) is 18.9. The number of rotatable bonds is 7. The monoisotopic (exact) mass is 508 g/mol. The molecule has 0 aliphatic carbocycles. The fraction of sp³-hybridized carbons (Fsp3) is 0.136. The third-order valence-corrected chi connectivity index (χ3v) is 6.79. The van der Waals surface area contributed by atoms with Gasteiger partial charge >= 0.3 is 0 Å². The van der Waals surface area contributed by atoms with Crippen LogP contribution in [0.2, 0.25) is 0 Å². The lowest BCUT2D eigenvalue weighted by atomic mass is 10.2. The lowest BCUT2D eigenvalue weighted by Crippen LogP contribution is -2.37. The number of hydrogen-bond acceptors (Lipinski definition) is 3.